The zero-order valence-corrected chi connectivity index (χ0v) is 72.2. The average molecular weight is 1560 g/mol. The van der Waals surface area contributed by atoms with Gasteiger partial charge in [-0.2, -0.15) is 0 Å². The van der Waals surface area contributed by atoms with Gasteiger partial charge in [-0.1, -0.05) is 420 Å². The smallest absolute Gasteiger partial charge is 0.462 e. The van der Waals surface area contributed by atoms with Gasteiger partial charge in [0.15, 0.2) is 12.2 Å². The fraction of sp³-hybridized carbons (Fsp3) is 0.955. The van der Waals surface area contributed by atoms with E-state index >= 15 is 0 Å². The lowest BCUT2D eigenvalue weighted by atomic mass is 9.99. The predicted octanol–water partition coefficient (Wildman–Crippen LogP) is 27.0. The maximum Gasteiger partial charge on any atom is 0.472 e. The SMILES string of the molecule is CCCCCCCCCCCCCCCCCCCCCCCCC(=O)O[C@H](COC(=O)CCCCCCCCCCCCCCCCC(C)CC)COP(=O)(O)OC[C@@H](O)COP(=O)(O)OC[C@@H](COC(=O)CCCCCCCCCCC(C)C)OC(=O)CCCCCCCCCCCCCCCCCC. The molecule has 0 aliphatic heterocycles. The molecule has 0 bridgehead atoms. The van der Waals surface area contributed by atoms with Gasteiger partial charge < -0.3 is 33.8 Å². The van der Waals surface area contributed by atoms with E-state index in [-0.39, 0.29) is 25.7 Å². The van der Waals surface area contributed by atoms with E-state index in [0.29, 0.717) is 25.7 Å². The van der Waals surface area contributed by atoms with Gasteiger partial charge in [0, 0.05) is 25.7 Å². The van der Waals surface area contributed by atoms with Crippen LogP contribution in [0.5, 0.6) is 0 Å². The molecule has 107 heavy (non-hydrogen) atoms. The molecule has 0 rings (SSSR count). The largest absolute Gasteiger partial charge is 0.472 e. The van der Waals surface area contributed by atoms with Crippen LogP contribution in [0.25, 0.3) is 0 Å². The Hall–Kier alpha value is -1.94. The predicted molar refractivity (Wildman–Crippen MR) is 442 cm³/mol. The monoisotopic (exact) mass is 1560 g/mol. The highest BCUT2D eigenvalue weighted by Gasteiger charge is 2.31. The lowest BCUT2D eigenvalue weighted by Crippen LogP contribution is -2.30. The van der Waals surface area contributed by atoms with Gasteiger partial charge in [-0.3, -0.25) is 37.3 Å². The number of esters is 4. The van der Waals surface area contributed by atoms with E-state index in [4.69, 9.17) is 37.0 Å². The van der Waals surface area contributed by atoms with Gasteiger partial charge in [-0.25, -0.2) is 9.13 Å². The third kappa shape index (κ3) is 80.5. The van der Waals surface area contributed by atoms with Crippen molar-refractivity contribution < 1.29 is 80.2 Å². The molecule has 0 aliphatic carbocycles. The van der Waals surface area contributed by atoms with Crippen molar-refractivity contribution in [1.82, 2.24) is 0 Å². The second-order valence-corrected chi connectivity index (χ2v) is 35.3. The fourth-order valence-corrected chi connectivity index (χ4v) is 15.3. The zero-order valence-electron chi connectivity index (χ0n) is 70.5. The summed E-state index contributed by atoms with van der Waals surface area (Å²) in [5.74, 6) is -0.524. The number of phosphoric ester groups is 2. The third-order valence-corrected chi connectivity index (χ3v) is 23.0. The molecule has 3 N–H and O–H groups in total. The molecular weight excluding hydrogens is 1390 g/mol. The van der Waals surface area contributed by atoms with Gasteiger partial charge in [-0.15, -0.1) is 0 Å². The molecule has 0 saturated carbocycles. The number of carbonyl (C=O) groups is 4. The number of hydrogen-bond acceptors (Lipinski definition) is 15. The maximum atomic E-state index is 13.2. The minimum Gasteiger partial charge on any atom is -0.462 e. The molecule has 17 nitrogen and oxygen atoms in total. The van der Waals surface area contributed by atoms with Crippen molar-refractivity contribution in [2.75, 3.05) is 39.6 Å². The van der Waals surface area contributed by atoms with Gasteiger partial charge in [-0.05, 0) is 37.5 Å². The number of hydrogen-bond donors (Lipinski definition) is 3. The van der Waals surface area contributed by atoms with Gasteiger partial charge in [0.2, 0.25) is 0 Å². The summed E-state index contributed by atoms with van der Waals surface area (Å²) in [5, 5.41) is 10.7. The van der Waals surface area contributed by atoms with Gasteiger partial charge >= 0.3 is 39.5 Å². The molecule has 0 heterocycles. The summed E-state index contributed by atoms with van der Waals surface area (Å²) in [6.07, 6.45) is 72.3. The number of rotatable bonds is 87. The molecule has 0 aliphatic rings. The van der Waals surface area contributed by atoms with Crippen LogP contribution in [-0.4, -0.2) is 96.7 Å². The minimum atomic E-state index is -4.97. The first-order chi connectivity index (χ1) is 51.9. The lowest BCUT2D eigenvalue weighted by Gasteiger charge is -2.21. The van der Waals surface area contributed by atoms with Crippen LogP contribution in [0.3, 0.4) is 0 Å². The minimum absolute atomic E-state index is 0.108. The Morgan fingerprint density at radius 3 is 0.710 bits per heavy atom. The normalized spacial score (nSPS) is 14.0. The van der Waals surface area contributed by atoms with Crippen molar-refractivity contribution in [3.63, 3.8) is 0 Å². The molecule has 0 radical (unpaired) electrons. The summed E-state index contributed by atoms with van der Waals surface area (Å²) in [7, 11) is -9.93. The molecule has 6 atom stereocenters. The summed E-state index contributed by atoms with van der Waals surface area (Å²) in [6, 6.07) is 0. The van der Waals surface area contributed by atoms with Crippen molar-refractivity contribution in [2.45, 2.75) is 490 Å². The second-order valence-electron chi connectivity index (χ2n) is 32.4. The summed E-state index contributed by atoms with van der Waals surface area (Å²) in [6.45, 7) is 9.70. The van der Waals surface area contributed by atoms with Crippen LogP contribution >= 0.6 is 15.6 Å². The van der Waals surface area contributed by atoms with Crippen molar-refractivity contribution in [2.24, 2.45) is 11.8 Å². The van der Waals surface area contributed by atoms with Crippen molar-refractivity contribution in [3.8, 4) is 0 Å². The molecule has 3 unspecified atom stereocenters. The van der Waals surface area contributed by atoms with E-state index in [1.165, 1.54) is 289 Å². The van der Waals surface area contributed by atoms with Crippen LogP contribution in [0.2, 0.25) is 0 Å². The molecule has 0 amide bonds. The molecule has 0 saturated heterocycles. The summed E-state index contributed by atoms with van der Waals surface area (Å²) >= 11 is 0. The Morgan fingerprint density at radius 1 is 0.271 bits per heavy atom. The van der Waals surface area contributed by atoms with E-state index in [1.54, 1.807) is 0 Å². The summed E-state index contributed by atoms with van der Waals surface area (Å²) < 4.78 is 69.0. The molecule has 0 aromatic carbocycles. The Morgan fingerprint density at radius 2 is 0.477 bits per heavy atom. The number of ether oxygens (including phenoxy) is 4. The highest BCUT2D eigenvalue weighted by Crippen LogP contribution is 2.45. The molecule has 0 aromatic heterocycles. The van der Waals surface area contributed by atoms with E-state index in [1.807, 2.05) is 0 Å². The number of aliphatic hydroxyl groups is 1. The number of aliphatic hydroxyl groups excluding tert-OH is 1. The lowest BCUT2D eigenvalue weighted by molar-refractivity contribution is -0.161. The van der Waals surface area contributed by atoms with Crippen LogP contribution < -0.4 is 0 Å². The molecule has 636 valence electrons. The van der Waals surface area contributed by atoms with Gasteiger partial charge in [0.25, 0.3) is 0 Å². The zero-order chi connectivity index (χ0) is 78.5. The third-order valence-electron chi connectivity index (χ3n) is 21.1. The van der Waals surface area contributed by atoms with Gasteiger partial charge in [0.05, 0.1) is 26.4 Å². The standard InChI is InChI=1S/C88H172O17P2/c1-7-10-12-14-16-18-20-22-24-26-27-28-29-30-31-33-39-43-47-55-61-67-73-87(92)104-83(76-98-85(90)70-64-58-52-45-41-37-35-34-36-40-44-51-57-63-69-81(6)9-3)78-102-106(94,95)100-74-82(89)75-101-107(96,97)103-79-84(77-99-86(91)71-65-59-53-49-48-50-56-62-68-80(4)5)105-88(93)72-66-60-54-46-42-38-32-25-23-21-19-17-15-13-11-8-2/h80-84,89H,7-79H2,1-6H3,(H,94,95)(H,96,97)/t81?,82-,83-,84-/m1/s1. The molecule has 0 aromatic rings. The van der Waals surface area contributed by atoms with Crippen molar-refractivity contribution >= 4 is 39.5 Å². The Kier molecular flexibility index (Phi) is 77.9. The molecule has 19 heteroatoms. The average Bonchev–Trinajstić information content (AvgIpc) is 0.901. The Labute approximate surface area is 658 Å². The first-order valence-corrected chi connectivity index (χ1v) is 48.5. The van der Waals surface area contributed by atoms with E-state index in [2.05, 4.69) is 41.5 Å². The number of phosphoric acid groups is 2. The maximum absolute atomic E-state index is 13.2. The Balaban J connectivity index is 5.23. The molecule has 0 spiro atoms. The van der Waals surface area contributed by atoms with Crippen LogP contribution in [-0.2, 0) is 65.4 Å². The van der Waals surface area contributed by atoms with E-state index in [9.17, 15) is 43.2 Å². The topological polar surface area (TPSA) is 237 Å². The summed E-state index contributed by atoms with van der Waals surface area (Å²) in [4.78, 5) is 73.3. The summed E-state index contributed by atoms with van der Waals surface area (Å²) in [5.41, 5.74) is 0. The van der Waals surface area contributed by atoms with Crippen molar-refractivity contribution in [1.29, 1.82) is 0 Å². The van der Waals surface area contributed by atoms with E-state index in [0.717, 1.165) is 102 Å². The Bertz CT molecular complexity index is 2050. The van der Waals surface area contributed by atoms with Crippen LogP contribution in [0.1, 0.15) is 472 Å². The number of carbonyl (C=O) groups excluding carboxylic acids is 4. The van der Waals surface area contributed by atoms with Crippen LogP contribution in [0, 0.1) is 11.8 Å². The first kappa shape index (κ1) is 105. The second kappa shape index (κ2) is 79.3. The quantitative estimate of drug-likeness (QED) is 0.0222. The van der Waals surface area contributed by atoms with E-state index < -0.39 is 97.5 Å². The number of unbranched alkanes of at least 4 members (excludes halogenated alkanes) is 56. The molecule has 0 fully saturated rings. The van der Waals surface area contributed by atoms with Crippen LogP contribution in [0.15, 0.2) is 0 Å². The molecular formula is C88H172O17P2. The highest BCUT2D eigenvalue weighted by molar-refractivity contribution is 7.47. The van der Waals surface area contributed by atoms with Crippen molar-refractivity contribution in [3.05, 3.63) is 0 Å². The highest BCUT2D eigenvalue weighted by atomic mass is 31.2. The fourth-order valence-electron chi connectivity index (χ4n) is 13.7. The van der Waals surface area contributed by atoms with Gasteiger partial charge in [0.1, 0.15) is 19.3 Å². The first-order valence-electron chi connectivity index (χ1n) is 45.5. The van der Waals surface area contributed by atoms with Crippen LogP contribution in [0.4, 0.5) is 0 Å².